The first-order valence-corrected chi connectivity index (χ1v) is 9.19. The summed E-state index contributed by atoms with van der Waals surface area (Å²) in [6.45, 7) is 1.49. The Hall–Kier alpha value is -1.57. The maximum absolute atomic E-state index is 13.1. The van der Waals surface area contributed by atoms with E-state index < -0.39 is 16.1 Å². The molecule has 0 aliphatic carbocycles. The zero-order chi connectivity index (χ0) is 17.0. The quantitative estimate of drug-likeness (QED) is 0.810. The summed E-state index contributed by atoms with van der Waals surface area (Å²) in [6.07, 6.45) is -0.817. The van der Waals surface area contributed by atoms with E-state index in [4.69, 9.17) is 4.74 Å². The third-order valence-corrected chi connectivity index (χ3v) is 5.48. The molecule has 5 nitrogen and oxygen atoms in total. The summed E-state index contributed by atoms with van der Waals surface area (Å²) in [5, 5.41) is 9.73. The van der Waals surface area contributed by atoms with Crippen LogP contribution in [-0.2, 0) is 10.0 Å². The van der Waals surface area contributed by atoms with Crippen LogP contribution in [0.15, 0.2) is 57.9 Å². The minimum absolute atomic E-state index is 0.0406. The highest BCUT2D eigenvalue weighted by molar-refractivity contribution is 9.10. The number of methoxy groups -OCH3 is 1. The molecule has 0 fully saturated rings. The molecule has 2 aromatic rings. The SMILES string of the molecule is COc1ccc(Br)cc1S(=O)(=O)N(C[C@@H](C)O)c1ccccc1. The Morgan fingerprint density at radius 3 is 2.43 bits per heavy atom. The van der Waals surface area contributed by atoms with Gasteiger partial charge in [-0.15, -0.1) is 0 Å². The van der Waals surface area contributed by atoms with E-state index in [-0.39, 0.29) is 17.2 Å². The summed E-state index contributed by atoms with van der Waals surface area (Å²) < 4.78 is 33.2. The highest BCUT2D eigenvalue weighted by Crippen LogP contribution is 2.32. The molecule has 124 valence electrons. The molecular weight excluding hydrogens is 382 g/mol. The van der Waals surface area contributed by atoms with Gasteiger partial charge in [-0.3, -0.25) is 4.31 Å². The van der Waals surface area contributed by atoms with Crippen LogP contribution in [0.25, 0.3) is 0 Å². The highest BCUT2D eigenvalue weighted by Gasteiger charge is 2.29. The molecule has 0 radical (unpaired) electrons. The summed E-state index contributed by atoms with van der Waals surface area (Å²) in [7, 11) is -2.48. The van der Waals surface area contributed by atoms with E-state index in [0.717, 1.165) is 0 Å². The van der Waals surface area contributed by atoms with Crippen molar-refractivity contribution in [2.75, 3.05) is 18.0 Å². The fraction of sp³-hybridized carbons (Fsp3) is 0.250. The van der Waals surface area contributed by atoms with Gasteiger partial charge in [0.1, 0.15) is 10.6 Å². The van der Waals surface area contributed by atoms with E-state index in [1.54, 1.807) is 49.4 Å². The number of hydrogen-bond acceptors (Lipinski definition) is 4. The number of nitrogens with zero attached hydrogens (tertiary/aromatic N) is 1. The molecule has 0 aliphatic heterocycles. The van der Waals surface area contributed by atoms with Crippen LogP contribution in [0.1, 0.15) is 6.92 Å². The molecule has 0 saturated carbocycles. The third-order valence-electron chi connectivity index (χ3n) is 3.17. The van der Waals surface area contributed by atoms with Crippen molar-refractivity contribution in [2.24, 2.45) is 0 Å². The number of para-hydroxylation sites is 1. The Balaban J connectivity index is 2.59. The van der Waals surface area contributed by atoms with Crippen molar-refractivity contribution in [3.63, 3.8) is 0 Å². The van der Waals surface area contributed by atoms with Gasteiger partial charge in [0, 0.05) is 4.47 Å². The van der Waals surface area contributed by atoms with Crippen LogP contribution in [0, 0.1) is 0 Å². The first-order chi connectivity index (χ1) is 10.9. The van der Waals surface area contributed by atoms with Crippen molar-refractivity contribution in [2.45, 2.75) is 17.9 Å². The van der Waals surface area contributed by atoms with Crippen molar-refractivity contribution in [3.05, 3.63) is 53.0 Å². The van der Waals surface area contributed by atoms with Crippen molar-refractivity contribution in [1.82, 2.24) is 0 Å². The van der Waals surface area contributed by atoms with Crippen LogP contribution in [0.4, 0.5) is 5.69 Å². The summed E-state index contributed by atoms with van der Waals surface area (Å²) in [5.41, 5.74) is 0.482. The van der Waals surface area contributed by atoms with Crippen LogP contribution in [0.5, 0.6) is 5.75 Å². The predicted octanol–water partition coefficient (Wildman–Crippen LogP) is 3.03. The summed E-state index contributed by atoms with van der Waals surface area (Å²) in [6, 6.07) is 13.5. The van der Waals surface area contributed by atoms with Gasteiger partial charge in [-0.1, -0.05) is 34.1 Å². The second-order valence-electron chi connectivity index (χ2n) is 5.02. The van der Waals surface area contributed by atoms with Gasteiger partial charge in [0.15, 0.2) is 0 Å². The van der Waals surface area contributed by atoms with E-state index in [1.165, 1.54) is 17.5 Å². The van der Waals surface area contributed by atoms with Gasteiger partial charge in [-0.2, -0.15) is 0 Å². The molecule has 2 rings (SSSR count). The smallest absolute Gasteiger partial charge is 0.268 e. The standard InChI is InChI=1S/C16H18BrNO4S/c1-12(19)11-18(14-6-4-3-5-7-14)23(20,21)16-10-13(17)8-9-15(16)22-2/h3-10,12,19H,11H2,1-2H3/t12-/m1/s1. The minimum atomic E-state index is -3.90. The van der Waals surface area contributed by atoms with Crippen LogP contribution in [0.3, 0.4) is 0 Å². The molecule has 0 aliphatic rings. The van der Waals surface area contributed by atoms with Crippen LogP contribution < -0.4 is 9.04 Å². The fourth-order valence-electron chi connectivity index (χ4n) is 2.15. The summed E-state index contributed by atoms with van der Waals surface area (Å²) in [5.74, 6) is 0.250. The van der Waals surface area contributed by atoms with Gasteiger partial charge in [-0.25, -0.2) is 8.42 Å². The molecule has 0 amide bonds. The topological polar surface area (TPSA) is 66.8 Å². The Kier molecular flexibility index (Phi) is 5.67. The predicted molar refractivity (Wildman–Crippen MR) is 93.3 cm³/mol. The Morgan fingerprint density at radius 2 is 1.87 bits per heavy atom. The number of rotatable bonds is 6. The number of ether oxygens (including phenoxy) is 1. The Morgan fingerprint density at radius 1 is 1.22 bits per heavy atom. The van der Waals surface area contributed by atoms with Gasteiger partial charge < -0.3 is 9.84 Å². The van der Waals surface area contributed by atoms with Crippen molar-refractivity contribution in [1.29, 1.82) is 0 Å². The average molecular weight is 400 g/mol. The Labute approximate surface area is 144 Å². The summed E-state index contributed by atoms with van der Waals surface area (Å²) >= 11 is 3.29. The molecule has 0 heterocycles. The van der Waals surface area contributed by atoms with Crippen molar-refractivity contribution in [3.8, 4) is 5.75 Å². The van der Waals surface area contributed by atoms with Gasteiger partial charge in [-0.05, 0) is 37.3 Å². The third kappa shape index (κ3) is 4.04. The number of aliphatic hydroxyl groups is 1. The maximum atomic E-state index is 13.1. The number of halogens is 1. The minimum Gasteiger partial charge on any atom is -0.495 e. The normalized spacial score (nSPS) is 12.7. The lowest BCUT2D eigenvalue weighted by Gasteiger charge is -2.26. The van der Waals surface area contributed by atoms with Gasteiger partial charge in [0.25, 0.3) is 10.0 Å². The molecule has 0 unspecified atom stereocenters. The number of hydrogen-bond donors (Lipinski definition) is 1. The molecule has 0 spiro atoms. The summed E-state index contributed by atoms with van der Waals surface area (Å²) in [4.78, 5) is 0.0406. The largest absolute Gasteiger partial charge is 0.495 e. The van der Waals surface area contributed by atoms with E-state index in [2.05, 4.69) is 15.9 Å². The molecule has 1 N–H and O–H groups in total. The molecule has 7 heteroatoms. The van der Waals surface area contributed by atoms with E-state index in [0.29, 0.717) is 10.2 Å². The van der Waals surface area contributed by atoms with Crippen molar-refractivity contribution >= 4 is 31.6 Å². The maximum Gasteiger partial charge on any atom is 0.268 e. The van der Waals surface area contributed by atoms with Gasteiger partial charge in [0.2, 0.25) is 0 Å². The molecule has 1 atom stereocenters. The molecule has 0 bridgehead atoms. The fourth-order valence-corrected chi connectivity index (χ4v) is 4.39. The first-order valence-electron chi connectivity index (χ1n) is 6.95. The van der Waals surface area contributed by atoms with E-state index in [9.17, 15) is 13.5 Å². The number of benzene rings is 2. The van der Waals surface area contributed by atoms with Crippen LogP contribution in [0.2, 0.25) is 0 Å². The second kappa shape index (κ2) is 7.33. The van der Waals surface area contributed by atoms with Gasteiger partial charge >= 0.3 is 0 Å². The van der Waals surface area contributed by atoms with Crippen LogP contribution in [-0.4, -0.2) is 33.3 Å². The molecule has 23 heavy (non-hydrogen) atoms. The van der Waals surface area contributed by atoms with Crippen LogP contribution >= 0.6 is 15.9 Å². The number of sulfonamides is 1. The first kappa shape index (κ1) is 17.8. The Bertz CT molecular complexity index is 763. The molecule has 0 aromatic heterocycles. The molecule has 2 aromatic carbocycles. The highest BCUT2D eigenvalue weighted by atomic mass is 79.9. The number of anilines is 1. The lowest BCUT2D eigenvalue weighted by Crippen LogP contribution is -2.36. The monoisotopic (exact) mass is 399 g/mol. The second-order valence-corrected chi connectivity index (χ2v) is 7.76. The average Bonchev–Trinajstić information content (AvgIpc) is 2.53. The molecular formula is C16H18BrNO4S. The lowest BCUT2D eigenvalue weighted by atomic mass is 10.3. The van der Waals surface area contributed by atoms with Gasteiger partial charge in [0.05, 0.1) is 25.4 Å². The number of aliphatic hydroxyl groups excluding tert-OH is 1. The van der Waals surface area contributed by atoms with E-state index >= 15 is 0 Å². The lowest BCUT2D eigenvalue weighted by molar-refractivity contribution is 0.204. The zero-order valence-electron chi connectivity index (χ0n) is 12.8. The van der Waals surface area contributed by atoms with Crippen molar-refractivity contribution < 1.29 is 18.3 Å². The molecule has 0 saturated heterocycles. The zero-order valence-corrected chi connectivity index (χ0v) is 15.2. The van der Waals surface area contributed by atoms with E-state index in [1.807, 2.05) is 0 Å².